The molecule has 0 spiro atoms. The number of rotatable bonds is 4. The summed E-state index contributed by atoms with van der Waals surface area (Å²) in [4.78, 5) is 39.0. The molecule has 9 heteroatoms. The van der Waals surface area contributed by atoms with E-state index in [2.05, 4.69) is 30.5 Å². The normalized spacial score (nSPS) is 14.8. The molecule has 5 rings (SSSR count). The molecular weight excluding hydrogens is 394 g/mol. The second kappa shape index (κ2) is 6.76. The highest BCUT2D eigenvalue weighted by molar-refractivity contribution is 6.09. The van der Waals surface area contributed by atoms with E-state index in [0.717, 1.165) is 22.3 Å². The SMILES string of the molecule is CCN1C(=O)C(C)(C)c2cc3[nH]c(-c4n[nH]cc4NC(=O)c4ccncc4)nc3cc21. The molecule has 0 radical (unpaired) electrons. The molecule has 1 aliphatic rings. The third-order valence-electron chi connectivity index (χ3n) is 5.71. The minimum absolute atomic E-state index is 0.0892. The second-order valence-electron chi connectivity index (χ2n) is 7.98. The van der Waals surface area contributed by atoms with Crippen molar-refractivity contribution in [1.29, 1.82) is 0 Å². The van der Waals surface area contributed by atoms with Crippen LogP contribution in [0, 0.1) is 0 Å². The van der Waals surface area contributed by atoms with Crippen LogP contribution in [0.15, 0.2) is 42.9 Å². The van der Waals surface area contributed by atoms with E-state index in [1.807, 2.05) is 32.9 Å². The first kappa shape index (κ1) is 19.0. The molecular formula is C22H21N7O2. The number of hydrogen-bond donors (Lipinski definition) is 3. The van der Waals surface area contributed by atoms with Crippen molar-refractivity contribution in [1.82, 2.24) is 25.1 Å². The lowest BCUT2D eigenvalue weighted by atomic mass is 9.86. The van der Waals surface area contributed by atoms with Gasteiger partial charge in [-0.1, -0.05) is 0 Å². The van der Waals surface area contributed by atoms with E-state index >= 15 is 0 Å². The fourth-order valence-electron chi connectivity index (χ4n) is 4.02. The number of aromatic nitrogens is 5. The first-order chi connectivity index (χ1) is 14.9. The molecule has 1 aromatic carbocycles. The van der Waals surface area contributed by atoms with E-state index in [0.29, 0.717) is 29.3 Å². The Morgan fingerprint density at radius 1 is 1.23 bits per heavy atom. The predicted molar refractivity (Wildman–Crippen MR) is 117 cm³/mol. The van der Waals surface area contributed by atoms with Crippen LogP contribution in [-0.2, 0) is 10.2 Å². The lowest BCUT2D eigenvalue weighted by molar-refractivity contribution is -0.122. The summed E-state index contributed by atoms with van der Waals surface area (Å²) in [6.45, 7) is 6.44. The molecule has 0 aliphatic carbocycles. The number of carbonyl (C=O) groups excluding carboxylic acids is 2. The number of carbonyl (C=O) groups is 2. The number of hydrogen-bond acceptors (Lipinski definition) is 5. The summed E-state index contributed by atoms with van der Waals surface area (Å²) in [5, 5.41) is 9.91. The van der Waals surface area contributed by atoms with Gasteiger partial charge in [0.1, 0.15) is 0 Å². The Balaban J connectivity index is 1.53. The Labute approximate surface area is 177 Å². The van der Waals surface area contributed by atoms with Gasteiger partial charge in [0.2, 0.25) is 5.91 Å². The Bertz CT molecular complexity index is 1320. The van der Waals surface area contributed by atoms with Crippen LogP contribution in [0.5, 0.6) is 0 Å². The van der Waals surface area contributed by atoms with E-state index in [4.69, 9.17) is 0 Å². The minimum Gasteiger partial charge on any atom is -0.337 e. The highest BCUT2D eigenvalue weighted by Crippen LogP contribution is 2.43. The molecule has 4 heterocycles. The first-order valence-corrected chi connectivity index (χ1v) is 10.0. The van der Waals surface area contributed by atoms with E-state index in [9.17, 15) is 9.59 Å². The third-order valence-corrected chi connectivity index (χ3v) is 5.71. The van der Waals surface area contributed by atoms with Crippen molar-refractivity contribution in [3.8, 4) is 11.5 Å². The molecule has 2 amide bonds. The highest BCUT2D eigenvalue weighted by Gasteiger charge is 2.43. The van der Waals surface area contributed by atoms with Crippen molar-refractivity contribution in [2.24, 2.45) is 0 Å². The van der Waals surface area contributed by atoms with Crippen LogP contribution in [0.2, 0.25) is 0 Å². The third kappa shape index (κ3) is 2.89. The van der Waals surface area contributed by atoms with Crippen LogP contribution in [-0.4, -0.2) is 43.5 Å². The average molecular weight is 415 g/mol. The molecule has 0 atom stereocenters. The van der Waals surface area contributed by atoms with Gasteiger partial charge >= 0.3 is 0 Å². The smallest absolute Gasteiger partial charge is 0.255 e. The van der Waals surface area contributed by atoms with Gasteiger partial charge in [0, 0.05) is 30.7 Å². The Morgan fingerprint density at radius 3 is 2.74 bits per heavy atom. The van der Waals surface area contributed by atoms with Crippen LogP contribution in [0.3, 0.4) is 0 Å². The number of H-pyrrole nitrogens is 2. The fourth-order valence-corrected chi connectivity index (χ4v) is 4.02. The molecule has 0 fully saturated rings. The number of aromatic amines is 2. The van der Waals surface area contributed by atoms with Crippen LogP contribution >= 0.6 is 0 Å². The van der Waals surface area contributed by atoms with E-state index < -0.39 is 5.41 Å². The van der Waals surface area contributed by atoms with E-state index in [1.165, 1.54) is 0 Å². The largest absolute Gasteiger partial charge is 0.337 e. The fraction of sp³-hybridized carbons (Fsp3) is 0.227. The van der Waals surface area contributed by atoms with Crippen molar-refractivity contribution in [2.75, 3.05) is 16.8 Å². The number of anilines is 2. The zero-order valence-corrected chi connectivity index (χ0v) is 17.4. The maximum atomic E-state index is 12.8. The topological polar surface area (TPSA) is 120 Å². The molecule has 156 valence electrons. The van der Waals surface area contributed by atoms with Crippen molar-refractivity contribution >= 4 is 34.2 Å². The number of amides is 2. The van der Waals surface area contributed by atoms with Crippen LogP contribution in [0.25, 0.3) is 22.6 Å². The molecule has 3 aromatic heterocycles. The average Bonchev–Trinajstić information content (AvgIpc) is 3.43. The van der Waals surface area contributed by atoms with Crippen LogP contribution < -0.4 is 10.2 Å². The number of likely N-dealkylation sites (N-methyl/N-ethyl adjacent to an activating group) is 1. The summed E-state index contributed by atoms with van der Waals surface area (Å²) in [6.07, 6.45) is 4.74. The van der Waals surface area contributed by atoms with E-state index in [1.54, 1.807) is 35.6 Å². The van der Waals surface area contributed by atoms with Gasteiger partial charge in [0.25, 0.3) is 5.91 Å². The van der Waals surface area contributed by atoms with Crippen molar-refractivity contribution in [2.45, 2.75) is 26.2 Å². The number of pyridine rings is 1. The van der Waals surface area contributed by atoms with Crippen LogP contribution in [0.1, 0.15) is 36.7 Å². The Kier molecular flexibility index (Phi) is 4.14. The highest BCUT2D eigenvalue weighted by atomic mass is 16.2. The lowest BCUT2D eigenvalue weighted by Crippen LogP contribution is -2.35. The first-order valence-electron chi connectivity index (χ1n) is 10.0. The van der Waals surface area contributed by atoms with Crippen molar-refractivity contribution in [3.63, 3.8) is 0 Å². The van der Waals surface area contributed by atoms with Gasteiger partial charge in [-0.05, 0) is 50.6 Å². The number of benzene rings is 1. The number of fused-ring (bicyclic) bond motifs is 2. The maximum Gasteiger partial charge on any atom is 0.255 e. The number of imidazole rings is 1. The van der Waals surface area contributed by atoms with Crippen molar-refractivity contribution < 1.29 is 9.59 Å². The van der Waals surface area contributed by atoms with Crippen molar-refractivity contribution in [3.05, 3.63) is 54.0 Å². The monoisotopic (exact) mass is 415 g/mol. The molecule has 0 saturated carbocycles. The van der Waals surface area contributed by atoms with Gasteiger partial charge in [-0.2, -0.15) is 5.10 Å². The number of nitrogens with one attached hydrogen (secondary N) is 3. The number of nitrogens with zero attached hydrogens (tertiary/aromatic N) is 4. The van der Waals surface area contributed by atoms with Crippen LogP contribution in [0.4, 0.5) is 11.4 Å². The zero-order valence-electron chi connectivity index (χ0n) is 17.4. The van der Waals surface area contributed by atoms with Gasteiger partial charge in [-0.3, -0.25) is 19.7 Å². The van der Waals surface area contributed by atoms with Gasteiger partial charge in [-0.25, -0.2) is 4.98 Å². The predicted octanol–water partition coefficient (Wildman–Crippen LogP) is 3.24. The molecule has 0 saturated heterocycles. The molecule has 31 heavy (non-hydrogen) atoms. The maximum absolute atomic E-state index is 12.8. The summed E-state index contributed by atoms with van der Waals surface area (Å²) < 4.78 is 0. The minimum atomic E-state index is -0.596. The zero-order chi connectivity index (χ0) is 21.8. The summed E-state index contributed by atoms with van der Waals surface area (Å²) in [5.74, 6) is 0.349. The van der Waals surface area contributed by atoms with Gasteiger partial charge in [-0.15, -0.1) is 0 Å². The Hall–Kier alpha value is -4.01. The molecule has 4 aromatic rings. The van der Waals surface area contributed by atoms with Gasteiger partial charge < -0.3 is 15.2 Å². The quantitative estimate of drug-likeness (QED) is 0.473. The molecule has 1 aliphatic heterocycles. The summed E-state index contributed by atoms with van der Waals surface area (Å²) in [7, 11) is 0. The summed E-state index contributed by atoms with van der Waals surface area (Å²) in [5.41, 5.74) is 4.30. The second-order valence-corrected chi connectivity index (χ2v) is 7.98. The molecule has 0 unspecified atom stereocenters. The van der Waals surface area contributed by atoms with E-state index in [-0.39, 0.29) is 11.8 Å². The Morgan fingerprint density at radius 2 is 2.00 bits per heavy atom. The van der Waals surface area contributed by atoms with Gasteiger partial charge in [0.05, 0.1) is 27.8 Å². The summed E-state index contributed by atoms with van der Waals surface area (Å²) >= 11 is 0. The van der Waals surface area contributed by atoms with Gasteiger partial charge in [0.15, 0.2) is 11.5 Å². The standard InChI is InChI=1S/C22H21N7O2/c1-4-29-17-10-15-14(9-13(17)22(2,3)21(29)31)25-19(26-15)18-16(11-24-28-18)27-20(30)12-5-7-23-8-6-12/h5-11H,4H2,1-3H3,(H,24,28)(H,25,26)(H,27,30). The molecule has 0 bridgehead atoms. The lowest BCUT2D eigenvalue weighted by Gasteiger charge is -2.18. The molecule has 9 nitrogen and oxygen atoms in total. The molecule has 3 N–H and O–H groups in total. The summed E-state index contributed by atoms with van der Waals surface area (Å²) in [6, 6.07) is 7.19.